The Bertz CT molecular complexity index is 203. The molecule has 4 heteroatoms. The Labute approximate surface area is 71.7 Å². The SMILES string of the molecule is CC=NC1CC(NC)C1C(=O)O. The molecule has 0 aromatic heterocycles. The van der Waals surface area contributed by atoms with E-state index in [4.69, 9.17) is 5.11 Å². The van der Waals surface area contributed by atoms with Crippen LogP contribution in [0.3, 0.4) is 0 Å². The third-order valence-electron chi connectivity index (χ3n) is 2.34. The van der Waals surface area contributed by atoms with Gasteiger partial charge in [-0.05, 0) is 26.6 Å². The van der Waals surface area contributed by atoms with Crippen molar-refractivity contribution in [2.24, 2.45) is 10.9 Å². The highest BCUT2D eigenvalue weighted by Crippen LogP contribution is 2.30. The minimum absolute atomic E-state index is 0.0232. The van der Waals surface area contributed by atoms with Crippen LogP contribution in [0.15, 0.2) is 4.99 Å². The number of hydrogen-bond acceptors (Lipinski definition) is 3. The average Bonchev–Trinajstić information content (AvgIpc) is 1.95. The Morgan fingerprint density at radius 3 is 2.83 bits per heavy atom. The zero-order chi connectivity index (χ0) is 9.14. The monoisotopic (exact) mass is 170 g/mol. The van der Waals surface area contributed by atoms with Crippen LogP contribution in [0.1, 0.15) is 13.3 Å². The Morgan fingerprint density at radius 1 is 1.75 bits per heavy atom. The molecule has 1 fully saturated rings. The summed E-state index contributed by atoms with van der Waals surface area (Å²) in [6, 6.07) is 0.0705. The van der Waals surface area contributed by atoms with Crippen LogP contribution in [0, 0.1) is 5.92 Å². The molecule has 1 aliphatic carbocycles. The fourth-order valence-corrected chi connectivity index (χ4v) is 1.60. The molecule has 0 aromatic rings. The first-order valence-electron chi connectivity index (χ1n) is 4.08. The summed E-state index contributed by atoms with van der Waals surface area (Å²) in [5, 5.41) is 11.8. The summed E-state index contributed by atoms with van der Waals surface area (Å²) >= 11 is 0. The number of nitrogens with zero attached hydrogens (tertiary/aromatic N) is 1. The van der Waals surface area contributed by atoms with Crippen molar-refractivity contribution in [2.45, 2.75) is 25.4 Å². The second-order valence-electron chi connectivity index (χ2n) is 2.97. The summed E-state index contributed by atoms with van der Waals surface area (Å²) in [4.78, 5) is 14.8. The van der Waals surface area contributed by atoms with Crippen molar-refractivity contribution in [2.75, 3.05) is 7.05 Å². The van der Waals surface area contributed by atoms with Crippen molar-refractivity contribution >= 4 is 12.2 Å². The molecule has 0 spiro atoms. The fourth-order valence-electron chi connectivity index (χ4n) is 1.60. The van der Waals surface area contributed by atoms with E-state index in [1.165, 1.54) is 0 Å². The van der Waals surface area contributed by atoms with Crippen molar-refractivity contribution in [3.63, 3.8) is 0 Å². The Balaban J connectivity index is 2.56. The molecule has 1 rings (SSSR count). The molecule has 3 atom stereocenters. The predicted molar refractivity (Wildman–Crippen MR) is 46.5 cm³/mol. The first-order valence-corrected chi connectivity index (χ1v) is 4.08. The molecule has 2 N–H and O–H groups in total. The van der Waals surface area contributed by atoms with Crippen LogP contribution >= 0.6 is 0 Å². The van der Waals surface area contributed by atoms with Crippen LogP contribution in [0.4, 0.5) is 0 Å². The lowest BCUT2D eigenvalue weighted by atomic mass is 9.75. The highest BCUT2D eigenvalue weighted by atomic mass is 16.4. The third-order valence-corrected chi connectivity index (χ3v) is 2.34. The lowest BCUT2D eigenvalue weighted by Crippen LogP contribution is -2.55. The topological polar surface area (TPSA) is 61.7 Å². The number of carboxylic acid groups (broad SMARTS) is 1. The Kier molecular flexibility index (Phi) is 2.81. The van der Waals surface area contributed by atoms with E-state index in [0.29, 0.717) is 0 Å². The number of aliphatic imine (C=N–C) groups is 1. The highest BCUT2D eigenvalue weighted by molar-refractivity contribution is 5.74. The summed E-state index contributed by atoms with van der Waals surface area (Å²) in [6.45, 7) is 1.81. The molecule has 0 aromatic carbocycles. The molecular formula is C8H14N2O2. The maximum absolute atomic E-state index is 10.7. The number of nitrogens with one attached hydrogen (secondary N) is 1. The van der Waals surface area contributed by atoms with Crippen molar-refractivity contribution in [3.8, 4) is 0 Å². The van der Waals surface area contributed by atoms with Crippen molar-refractivity contribution < 1.29 is 9.90 Å². The second-order valence-corrected chi connectivity index (χ2v) is 2.97. The van der Waals surface area contributed by atoms with Crippen molar-refractivity contribution in [1.29, 1.82) is 0 Å². The van der Waals surface area contributed by atoms with Gasteiger partial charge in [0, 0.05) is 6.04 Å². The molecule has 0 saturated heterocycles. The Morgan fingerprint density at radius 2 is 2.42 bits per heavy atom. The zero-order valence-electron chi connectivity index (χ0n) is 7.32. The number of carboxylic acids is 1. The molecule has 0 bridgehead atoms. The Hall–Kier alpha value is -0.900. The smallest absolute Gasteiger partial charge is 0.310 e. The molecule has 0 amide bonds. The summed E-state index contributed by atoms with van der Waals surface area (Å²) in [5.74, 6) is -1.10. The van der Waals surface area contributed by atoms with Gasteiger partial charge in [-0.2, -0.15) is 0 Å². The number of aliphatic carboxylic acids is 1. The first kappa shape index (κ1) is 9.19. The van der Waals surface area contributed by atoms with Gasteiger partial charge >= 0.3 is 5.97 Å². The van der Waals surface area contributed by atoms with Crippen LogP contribution < -0.4 is 5.32 Å². The maximum Gasteiger partial charge on any atom is 0.310 e. The van der Waals surface area contributed by atoms with Crippen LogP contribution in [0.2, 0.25) is 0 Å². The van der Waals surface area contributed by atoms with Crippen LogP contribution in [0.5, 0.6) is 0 Å². The number of hydrogen-bond donors (Lipinski definition) is 2. The van der Waals surface area contributed by atoms with Crippen molar-refractivity contribution in [3.05, 3.63) is 0 Å². The van der Waals surface area contributed by atoms with Gasteiger partial charge in [-0.3, -0.25) is 9.79 Å². The second kappa shape index (κ2) is 3.67. The molecule has 1 saturated carbocycles. The minimum Gasteiger partial charge on any atom is -0.481 e. The quantitative estimate of drug-likeness (QED) is 0.592. The van der Waals surface area contributed by atoms with Gasteiger partial charge in [-0.15, -0.1) is 0 Å². The van der Waals surface area contributed by atoms with Gasteiger partial charge in [0.2, 0.25) is 0 Å². The number of rotatable bonds is 3. The summed E-state index contributed by atoms with van der Waals surface area (Å²) in [7, 11) is 1.78. The molecule has 12 heavy (non-hydrogen) atoms. The van der Waals surface area contributed by atoms with E-state index < -0.39 is 5.97 Å². The van der Waals surface area contributed by atoms with Gasteiger partial charge in [0.15, 0.2) is 0 Å². The van der Waals surface area contributed by atoms with Gasteiger partial charge in [0.25, 0.3) is 0 Å². The maximum atomic E-state index is 10.7. The lowest BCUT2D eigenvalue weighted by Gasteiger charge is -2.39. The normalized spacial score (nSPS) is 35.0. The van der Waals surface area contributed by atoms with E-state index in [-0.39, 0.29) is 18.0 Å². The zero-order valence-corrected chi connectivity index (χ0v) is 7.32. The van der Waals surface area contributed by atoms with Crippen LogP contribution in [-0.2, 0) is 4.79 Å². The summed E-state index contributed by atoms with van der Waals surface area (Å²) in [6.07, 6.45) is 2.50. The first-order chi connectivity index (χ1) is 5.70. The molecule has 68 valence electrons. The largest absolute Gasteiger partial charge is 0.481 e. The summed E-state index contributed by atoms with van der Waals surface area (Å²) < 4.78 is 0. The van der Waals surface area contributed by atoms with E-state index in [0.717, 1.165) is 6.42 Å². The molecule has 0 aliphatic heterocycles. The third kappa shape index (κ3) is 1.48. The minimum atomic E-state index is -0.754. The van der Waals surface area contributed by atoms with Crippen molar-refractivity contribution in [1.82, 2.24) is 5.32 Å². The number of carbonyl (C=O) groups is 1. The van der Waals surface area contributed by atoms with Gasteiger partial charge in [0.1, 0.15) is 0 Å². The highest BCUT2D eigenvalue weighted by Gasteiger charge is 2.44. The van der Waals surface area contributed by atoms with E-state index in [2.05, 4.69) is 10.3 Å². The van der Waals surface area contributed by atoms with Gasteiger partial charge in [-0.25, -0.2) is 0 Å². The molecule has 0 heterocycles. The summed E-state index contributed by atoms with van der Waals surface area (Å²) in [5.41, 5.74) is 0. The lowest BCUT2D eigenvalue weighted by molar-refractivity contribution is -0.146. The molecule has 1 aliphatic rings. The van der Waals surface area contributed by atoms with E-state index in [1.54, 1.807) is 13.3 Å². The standard InChI is InChI=1S/C8H14N2O2/c1-3-10-6-4-5(9-2)7(6)8(11)12/h3,5-7,9H,4H2,1-2H3,(H,11,12). The molecule has 0 radical (unpaired) electrons. The van der Waals surface area contributed by atoms with Gasteiger partial charge in [-0.1, -0.05) is 0 Å². The van der Waals surface area contributed by atoms with E-state index in [1.807, 2.05) is 6.92 Å². The van der Waals surface area contributed by atoms with Crippen LogP contribution in [0.25, 0.3) is 0 Å². The van der Waals surface area contributed by atoms with E-state index >= 15 is 0 Å². The molecular weight excluding hydrogens is 156 g/mol. The average molecular weight is 170 g/mol. The van der Waals surface area contributed by atoms with Gasteiger partial charge in [0.05, 0.1) is 12.0 Å². The van der Waals surface area contributed by atoms with Gasteiger partial charge < -0.3 is 10.4 Å². The van der Waals surface area contributed by atoms with E-state index in [9.17, 15) is 4.79 Å². The predicted octanol–water partition coefficient (Wildman–Crippen LogP) is 0.138. The molecule has 4 nitrogen and oxygen atoms in total. The molecule has 3 unspecified atom stereocenters. The fraction of sp³-hybridized carbons (Fsp3) is 0.750. The van der Waals surface area contributed by atoms with Crippen LogP contribution in [-0.4, -0.2) is 36.4 Å².